The molecule has 0 bridgehead atoms. The second-order valence-electron chi connectivity index (χ2n) is 11.2. The van der Waals surface area contributed by atoms with Crippen LogP contribution in [0.4, 0.5) is 0 Å². The van der Waals surface area contributed by atoms with Crippen molar-refractivity contribution >= 4 is 5.97 Å². The standard InChI is InChI=1S/C27H44O2/c1-9-25(3,4)19-23(26(5,6)10-2)20-15-17-21(18-16-20)24(28)29-27(7,8)22-13-11-12-14-22/h15-18,22-23H,9-14,19H2,1-8H3. The molecule has 0 saturated heterocycles. The quantitative estimate of drug-likeness (QED) is 0.391. The minimum atomic E-state index is -0.385. The Bertz CT molecular complexity index is 660. The summed E-state index contributed by atoms with van der Waals surface area (Å²) in [5.74, 6) is 0.771. The summed E-state index contributed by atoms with van der Waals surface area (Å²) in [4.78, 5) is 12.8. The van der Waals surface area contributed by atoms with Gasteiger partial charge in [-0.3, -0.25) is 0 Å². The summed E-state index contributed by atoms with van der Waals surface area (Å²) < 4.78 is 5.96. The van der Waals surface area contributed by atoms with Crippen molar-refractivity contribution < 1.29 is 9.53 Å². The van der Waals surface area contributed by atoms with Crippen molar-refractivity contribution in [2.75, 3.05) is 0 Å². The van der Waals surface area contributed by atoms with Crippen molar-refractivity contribution in [3.05, 3.63) is 35.4 Å². The van der Waals surface area contributed by atoms with Gasteiger partial charge < -0.3 is 4.74 Å². The molecule has 0 N–H and O–H groups in total. The van der Waals surface area contributed by atoms with E-state index in [-0.39, 0.29) is 17.0 Å². The maximum atomic E-state index is 12.8. The molecule has 1 aromatic carbocycles. The Morgan fingerprint density at radius 1 is 0.966 bits per heavy atom. The first-order chi connectivity index (χ1) is 13.4. The lowest BCUT2D eigenvalue weighted by Crippen LogP contribution is -2.35. The fourth-order valence-electron chi connectivity index (χ4n) is 4.64. The highest BCUT2D eigenvalue weighted by atomic mass is 16.6. The van der Waals surface area contributed by atoms with Gasteiger partial charge in [-0.05, 0) is 73.5 Å². The normalized spacial score (nSPS) is 17.4. The molecule has 2 rings (SSSR count). The number of rotatable bonds is 9. The summed E-state index contributed by atoms with van der Waals surface area (Å²) in [6.07, 6.45) is 8.30. The molecule has 2 nitrogen and oxygen atoms in total. The lowest BCUT2D eigenvalue weighted by atomic mass is 9.66. The van der Waals surface area contributed by atoms with Gasteiger partial charge in [-0.25, -0.2) is 4.79 Å². The number of carbonyl (C=O) groups excluding carboxylic acids is 1. The maximum Gasteiger partial charge on any atom is 0.338 e. The zero-order chi connectivity index (χ0) is 21.9. The van der Waals surface area contributed by atoms with Crippen LogP contribution in [0.15, 0.2) is 24.3 Å². The van der Waals surface area contributed by atoms with Gasteiger partial charge in [-0.2, -0.15) is 0 Å². The van der Waals surface area contributed by atoms with Gasteiger partial charge in [0.1, 0.15) is 5.60 Å². The van der Waals surface area contributed by atoms with Gasteiger partial charge in [0.15, 0.2) is 0 Å². The molecule has 0 aliphatic heterocycles. The summed E-state index contributed by atoms with van der Waals surface area (Å²) in [6, 6.07) is 8.26. The summed E-state index contributed by atoms with van der Waals surface area (Å²) in [7, 11) is 0. The van der Waals surface area contributed by atoms with Crippen LogP contribution in [0.2, 0.25) is 0 Å². The van der Waals surface area contributed by atoms with Crippen molar-refractivity contribution in [2.24, 2.45) is 16.7 Å². The van der Waals surface area contributed by atoms with E-state index in [0.29, 0.717) is 22.8 Å². The molecular formula is C27H44O2. The molecule has 0 radical (unpaired) electrons. The molecule has 1 atom stereocenters. The highest BCUT2D eigenvalue weighted by molar-refractivity contribution is 5.89. The maximum absolute atomic E-state index is 12.8. The summed E-state index contributed by atoms with van der Waals surface area (Å²) in [5, 5.41) is 0. The molecular weight excluding hydrogens is 356 g/mol. The molecule has 2 heteroatoms. The Kier molecular flexibility index (Phi) is 7.63. The third-order valence-corrected chi connectivity index (χ3v) is 7.81. The second-order valence-corrected chi connectivity index (χ2v) is 11.2. The molecule has 0 amide bonds. The third kappa shape index (κ3) is 6.09. The number of esters is 1. The van der Waals surface area contributed by atoms with Crippen LogP contribution in [0.1, 0.15) is 122 Å². The Hall–Kier alpha value is -1.31. The second kappa shape index (κ2) is 9.23. The first kappa shape index (κ1) is 24.0. The summed E-state index contributed by atoms with van der Waals surface area (Å²) in [6.45, 7) is 18.2. The zero-order valence-corrected chi connectivity index (χ0v) is 20.2. The molecule has 0 aromatic heterocycles. The predicted octanol–water partition coefficient (Wildman–Crippen LogP) is 8.16. The van der Waals surface area contributed by atoms with E-state index in [9.17, 15) is 4.79 Å². The van der Waals surface area contributed by atoms with Gasteiger partial charge in [0.05, 0.1) is 5.56 Å². The first-order valence-electron chi connectivity index (χ1n) is 11.7. The van der Waals surface area contributed by atoms with Crippen LogP contribution in [0.3, 0.4) is 0 Å². The Morgan fingerprint density at radius 3 is 2.00 bits per heavy atom. The van der Waals surface area contributed by atoms with E-state index in [1.165, 1.54) is 37.7 Å². The molecule has 1 aromatic rings. The van der Waals surface area contributed by atoms with Gasteiger partial charge in [-0.1, -0.05) is 79.4 Å². The van der Waals surface area contributed by atoms with E-state index in [0.717, 1.165) is 12.8 Å². The molecule has 1 fully saturated rings. The molecule has 1 saturated carbocycles. The van der Waals surface area contributed by atoms with Crippen LogP contribution < -0.4 is 0 Å². The van der Waals surface area contributed by atoms with Gasteiger partial charge in [-0.15, -0.1) is 0 Å². The van der Waals surface area contributed by atoms with Crippen LogP contribution in [-0.4, -0.2) is 11.6 Å². The van der Waals surface area contributed by atoms with Gasteiger partial charge >= 0.3 is 5.97 Å². The van der Waals surface area contributed by atoms with Crippen molar-refractivity contribution in [3.63, 3.8) is 0 Å². The minimum Gasteiger partial charge on any atom is -0.456 e. The smallest absolute Gasteiger partial charge is 0.338 e. The van der Waals surface area contributed by atoms with Gasteiger partial charge in [0.25, 0.3) is 0 Å². The predicted molar refractivity (Wildman–Crippen MR) is 123 cm³/mol. The van der Waals surface area contributed by atoms with Crippen molar-refractivity contribution in [3.8, 4) is 0 Å². The SMILES string of the molecule is CCC(C)(C)CC(c1ccc(C(=O)OC(C)(C)C2CCCC2)cc1)C(C)(C)CC. The summed E-state index contributed by atoms with van der Waals surface area (Å²) in [5.41, 5.74) is 2.15. The summed E-state index contributed by atoms with van der Waals surface area (Å²) >= 11 is 0. The fraction of sp³-hybridized carbons (Fsp3) is 0.741. The fourth-order valence-corrected chi connectivity index (χ4v) is 4.64. The molecule has 29 heavy (non-hydrogen) atoms. The van der Waals surface area contributed by atoms with E-state index in [1.54, 1.807) is 0 Å². The van der Waals surface area contributed by atoms with Crippen molar-refractivity contribution in [1.82, 2.24) is 0 Å². The van der Waals surface area contributed by atoms with Gasteiger partial charge in [0.2, 0.25) is 0 Å². The monoisotopic (exact) mass is 400 g/mol. The van der Waals surface area contributed by atoms with E-state index in [2.05, 4.69) is 67.5 Å². The highest BCUT2D eigenvalue weighted by Crippen LogP contribution is 2.46. The molecule has 1 aliphatic carbocycles. The van der Waals surface area contributed by atoms with Crippen LogP contribution in [-0.2, 0) is 4.74 Å². The van der Waals surface area contributed by atoms with Crippen LogP contribution >= 0.6 is 0 Å². The van der Waals surface area contributed by atoms with Gasteiger partial charge in [0, 0.05) is 0 Å². The Morgan fingerprint density at radius 2 is 1.52 bits per heavy atom. The Labute approximate surface area is 179 Å². The molecule has 1 unspecified atom stereocenters. The third-order valence-electron chi connectivity index (χ3n) is 7.81. The van der Waals surface area contributed by atoms with E-state index in [4.69, 9.17) is 4.74 Å². The van der Waals surface area contributed by atoms with E-state index >= 15 is 0 Å². The zero-order valence-electron chi connectivity index (χ0n) is 20.2. The average Bonchev–Trinajstić information content (AvgIpc) is 3.22. The lowest BCUT2D eigenvalue weighted by molar-refractivity contribution is -0.0285. The van der Waals surface area contributed by atoms with Crippen LogP contribution in [0.5, 0.6) is 0 Å². The van der Waals surface area contributed by atoms with E-state index in [1.807, 2.05) is 12.1 Å². The van der Waals surface area contributed by atoms with Crippen molar-refractivity contribution in [2.45, 2.75) is 112 Å². The van der Waals surface area contributed by atoms with Crippen molar-refractivity contribution in [1.29, 1.82) is 0 Å². The molecule has 1 aliphatic rings. The van der Waals surface area contributed by atoms with E-state index < -0.39 is 0 Å². The number of hydrogen-bond donors (Lipinski definition) is 0. The number of hydrogen-bond acceptors (Lipinski definition) is 2. The number of ether oxygens (including phenoxy) is 1. The minimum absolute atomic E-state index is 0.186. The van der Waals surface area contributed by atoms with Crippen LogP contribution in [0, 0.1) is 16.7 Å². The molecule has 164 valence electrons. The molecule has 0 spiro atoms. The van der Waals surface area contributed by atoms with Crippen LogP contribution in [0.25, 0.3) is 0 Å². The number of carbonyl (C=O) groups is 1. The molecule has 0 heterocycles. The largest absolute Gasteiger partial charge is 0.456 e. The number of benzene rings is 1. The lowest BCUT2D eigenvalue weighted by Gasteiger charge is -2.39. The first-order valence-corrected chi connectivity index (χ1v) is 11.7. The topological polar surface area (TPSA) is 26.3 Å². The highest BCUT2D eigenvalue weighted by Gasteiger charge is 2.36. The average molecular weight is 401 g/mol. The Balaban J connectivity index is 2.18.